The van der Waals surface area contributed by atoms with Crippen LogP contribution in [0.15, 0.2) is 66.0 Å². The topological polar surface area (TPSA) is 50.4 Å². The molecule has 0 saturated heterocycles. The molecule has 0 saturated carbocycles. The zero-order valence-corrected chi connectivity index (χ0v) is 15.7. The number of hydrogen-bond acceptors (Lipinski definition) is 4. The van der Waals surface area contributed by atoms with E-state index < -0.39 is 6.04 Å². The van der Waals surface area contributed by atoms with E-state index in [1.165, 1.54) is 4.88 Å². The Labute approximate surface area is 157 Å². The van der Waals surface area contributed by atoms with Crippen molar-refractivity contribution in [1.29, 1.82) is 0 Å². The fourth-order valence-electron chi connectivity index (χ4n) is 2.75. The molecule has 5 heteroatoms. The van der Waals surface area contributed by atoms with Gasteiger partial charge in [-0.3, -0.25) is 10.1 Å². The molecule has 3 rings (SSSR count). The number of carbonyl (C=O) groups excluding carboxylic acids is 1. The third kappa shape index (κ3) is 4.50. The van der Waals surface area contributed by atoms with Crippen molar-refractivity contribution in [3.63, 3.8) is 0 Å². The van der Waals surface area contributed by atoms with Crippen LogP contribution >= 0.6 is 11.3 Å². The lowest BCUT2D eigenvalue weighted by atomic mass is 10.1. The predicted octanol–water partition coefficient (Wildman–Crippen LogP) is 4.53. The van der Waals surface area contributed by atoms with E-state index in [1.807, 2.05) is 66.9 Å². The highest BCUT2D eigenvalue weighted by Gasteiger charge is 2.21. The van der Waals surface area contributed by atoms with Gasteiger partial charge in [-0.05, 0) is 41.6 Å². The number of ether oxygens (including phenoxy) is 1. The highest BCUT2D eigenvalue weighted by atomic mass is 32.1. The van der Waals surface area contributed by atoms with Crippen molar-refractivity contribution >= 4 is 22.9 Å². The number of amides is 1. The molecule has 2 N–H and O–H groups in total. The summed E-state index contributed by atoms with van der Waals surface area (Å²) in [7, 11) is 1.60. The minimum atomic E-state index is -0.455. The molecule has 26 heavy (non-hydrogen) atoms. The number of anilines is 1. The zero-order chi connectivity index (χ0) is 18.4. The van der Waals surface area contributed by atoms with E-state index in [4.69, 9.17) is 4.74 Å². The highest BCUT2D eigenvalue weighted by molar-refractivity contribution is 7.09. The molecule has 3 aromatic rings. The van der Waals surface area contributed by atoms with E-state index in [-0.39, 0.29) is 5.91 Å². The maximum Gasteiger partial charge on any atom is 0.246 e. The molecule has 1 heterocycles. The van der Waals surface area contributed by atoms with Crippen molar-refractivity contribution in [2.45, 2.75) is 19.5 Å². The van der Waals surface area contributed by atoms with Crippen LogP contribution in [0.3, 0.4) is 0 Å². The van der Waals surface area contributed by atoms with E-state index in [1.54, 1.807) is 18.4 Å². The lowest BCUT2D eigenvalue weighted by Crippen LogP contribution is -2.32. The average Bonchev–Trinajstić information content (AvgIpc) is 3.16. The van der Waals surface area contributed by atoms with Gasteiger partial charge in [0.2, 0.25) is 5.91 Å². The lowest BCUT2D eigenvalue weighted by Gasteiger charge is -2.20. The number of aryl methyl sites for hydroxylation is 1. The minimum Gasteiger partial charge on any atom is -0.495 e. The molecule has 134 valence electrons. The van der Waals surface area contributed by atoms with Crippen molar-refractivity contribution in [2.75, 3.05) is 12.4 Å². The first-order valence-corrected chi connectivity index (χ1v) is 9.31. The molecule has 0 aliphatic rings. The van der Waals surface area contributed by atoms with Crippen LogP contribution in [0.25, 0.3) is 0 Å². The maximum absolute atomic E-state index is 13.0. The monoisotopic (exact) mass is 366 g/mol. The fourth-order valence-corrected chi connectivity index (χ4v) is 3.40. The minimum absolute atomic E-state index is 0.114. The molecule has 0 spiro atoms. The van der Waals surface area contributed by atoms with Crippen LogP contribution in [0.4, 0.5) is 5.69 Å². The first-order valence-electron chi connectivity index (χ1n) is 8.43. The van der Waals surface area contributed by atoms with Gasteiger partial charge in [0.25, 0.3) is 0 Å². The van der Waals surface area contributed by atoms with Crippen LogP contribution in [0, 0.1) is 6.92 Å². The number of nitrogens with one attached hydrogen (secondary N) is 2. The SMILES string of the molecule is COc1ccc(C)cc1NC(=O)[C@@H](NCc1cccs1)c1ccccc1. The largest absolute Gasteiger partial charge is 0.495 e. The van der Waals surface area contributed by atoms with E-state index in [0.29, 0.717) is 18.0 Å². The van der Waals surface area contributed by atoms with Gasteiger partial charge in [-0.15, -0.1) is 11.3 Å². The molecule has 0 fully saturated rings. The normalized spacial score (nSPS) is 11.8. The van der Waals surface area contributed by atoms with Gasteiger partial charge in [0, 0.05) is 11.4 Å². The zero-order valence-electron chi connectivity index (χ0n) is 14.9. The van der Waals surface area contributed by atoms with Gasteiger partial charge in [0.05, 0.1) is 12.8 Å². The van der Waals surface area contributed by atoms with Gasteiger partial charge in [-0.1, -0.05) is 42.5 Å². The Morgan fingerprint density at radius 1 is 1.12 bits per heavy atom. The average molecular weight is 366 g/mol. The number of thiophene rings is 1. The van der Waals surface area contributed by atoms with Crippen LogP contribution < -0.4 is 15.4 Å². The lowest BCUT2D eigenvalue weighted by molar-refractivity contribution is -0.118. The Morgan fingerprint density at radius 3 is 2.62 bits per heavy atom. The van der Waals surface area contributed by atoms with Crippen molar-refractivity contribution in [2.24, 2.45) is 0 Å². The number of methoxy groups -OCH3 is 1. The number of hydrogen-bond donors (Lipinski definition) is 2. The summed E-state index contributed by atoms with van der Waals surface area (Å²) in [6.07, 6.45) is 0. The molecule has 0 bridgehead atoms. The molecule has 1 amide bonds. The van der Waals surface area contributed by atoms with Crippen LogP contribution in [0.5, 0.6) is 5.75 Å². The second-order valence-electron chi connectivity index (χ2n) is 6.00. The molecule has 0 radical (unpaired) electrons. The molecule has 2 aromatic carbocycles. The summed E-state index contributed by atoms with van der Waals surface area (Å²) in [5, 5.41) is 8.41. The third-order valence-electron chi connectivity index (χ3n) is 4.07. The summed E-state index contributed by atoms with van der Waals surface area (Å²) in [6, 6.07) is 19.1. The van der Waals surface area contributed by atoms with Gasteiger partial charge in [0.1, 0.15) is 11.8 Å². The summed E-state index contributed by atoms with van der Waals surface area (Å²) in [5.74, 6) is 0.533. The summed E-state index contributed by atoms with van der Waals surface area (Å²) in [5.41, 5.74) is 2.66. The Bertz CT molecular complexity index is 848. The molecular weight excluding hydrogens is 344 g/mol. The number of carbonyl (C=O) groups is 1. The summed E-state index contributed by atoms with van der Waals surface area (Å²) < 4.78 is 5.37. The quantitative estimate of drug-likeness (QED) is 0.646. The summed E-state index contributed by atoms with van der Waals surface area (Å²) in [6.45, 7) is 2.62. The summed E-state index contributed by atoms with van der Waals surface area (Å²) in [4.78, 5) is 14.2. The molecule has 0 aliphatic carbocycles. The molecule has 1 aromatic heterocycles. The molecule has 1 atom stereocenters. The maximum atomic E-state index is 13.0. The smallest absolute Gasteiger partial charge is 0.246 e. The van der Waals surface area contributed by atoms with Crippen LogP contribution in [-0.2, 0) is 11.3 Å². The van der Waals surface area contributed by atoms with E-state index in [2.05, 4.69) is 16.7 Å². The second-order valence-corrected chi connectivity index (χ2v) is 7.03. The van der Waals surface area contributed by atoms with Crippen molar-refractivity contribution < 1.29 is 9.53 Å². The standard InChI is InChI=1S/C21H22N2O2S/c1-15-10-11-19(25-2)18(13-15)23-21(24)20(16-7-4-3-5-8-16)22-14-17-9-6-12-26-17/h3-13,20,22H,14H2,1-2H3,(H,23,24)/t20-/m0/s1. The second kappa shape index (κ2) is 8.65. The first kappa shape index (κ1) is 18.2. The van der Waals surface area contributed by atoms with E-state index in [9.17, 15) is 4.79 Å². The van der Waals surface area contributed by atoms with Gasteiger partial charge in [-0.25, -0.2) is 0 Å². The molecule has 4 nitrogen and oxygen atoms in total. The van der Waals surface area contributed by atoms with Gasteiger partial charge in [-0.2, -0.15) is 0 Å². The Morgan fingerprint density at radius 2 is 1.92 bits per heavy atom. The van der Waals surface area contributed by atoms with E-state index >= 15 is 0 Å². The van der Waals surface area contributed by atoms with Crippen molar-refractivity contribution in [1.82, 2.24) is 5.32 Å². The Balaban J connectivity index is 1.81. The molecular formula is C21H22N2O2S. The van der Waals surface area contributed by atoms with E-state index in [0.717, 1.165) is 11.1 Å². The van der Waals surface area contributed by atoms with Crippen LogP contribution in [0.2, 0.25) is 0 Å². The van der Waals surface area contributed by atoms with Crippen molar-refractivity contribution in [3.8, 4) is 5.75 Å². The summed E-state index contributed by atoms with van der Waals surface area (Å²) >= 11 is 1.67. The Hall–Kier alpha value is -2.63. The molecule has 0 aliphatic heterocycles. The van der Waals surface area contributed by atoms with Gasteiger partial charge in [0.15, 0.2) is 0 Å². The number of benzene rings is 2. The van der Waals surface area contributed by atoms with Crippen LogP contribution in [-0.4, -0.2) is 13.0 Å². The van der Waals surface area contributed by atoms with Crippen molar-refractivity contribution in [3.05, 3.63) is 82.0 Å². The highest BCUT2D eigenvalue weighted by Crippen LogP contribution is 2.27. The molecule has 0 unspecified atom stereocenters. The van der Waals surface area contributed by atoms with Crippen LogP contribution in [0.1, 0.15) is 22.0 Å². The first-order chi connectivity index (χ1) is 12.7. The predicted molar refractivity (Wildman–Crippen MR) is 107 cm³/mol. The van der Waals surface area contributed by atoms with Gasteiger partial charge < -0.3 is 10.1 Å². The number of rotatable bonds is 7. The fraction of sp³-hybridized carbons (Fsp3) is 0.190. The Kier molecular flexibility index (Phi) is 6.04. The third-order valence-corrected chi connectivity index (χ3v) is 4.94. The van der Waals surface area contributed by atoms with Gasteiger partial charge >= 0.3 is 0 Å².